The van der Waals surface area contributed by atoms with Gasteiger partial charge in [0.1, 0.15) is 0 Å². The quantitative estimate of drug-likeness (QED) is 0.216. The molecule has 0 saturated heterocycles. The first-order chi connectivity index (χ1) is 17.0. The van der Waals surface area contributed by atoms with Crippen molar-refractivity contribution >= 4 is 23.6 Å². The van der Waals surface area contributed by atoms with Gasteiger partial charge in [0.2, 0.25) is 5.75 Å². The zero-order chi connectivity index (χ0) is 25.2. The Balaban J connectivity index is 1.77. The second kappa shape index (κ2) is 12.2. The fraction of sp³-hybridized carbons (Fsp3) is 0.179. The third kappa shape index (κ3) is 6.14. The van der Waals surface area contributed by atoms with Crippen molar-refractivity contribution in [3.05, 3.63) is 83.6 Å². The van der Waals surface area contributed by atoms with Crippen LogP contribution >= 0.6 is 0 Å². The highest BCUT2D eigenvalue weighted by molar-refractivity contribution is 6.05. The summed E-state index contributed by atoms with van der Waals surface area (Å²) in [6, 6.07) is 16.6. The van der Waals surface area contributed by atoms with E-state index in [1.165, 1.54) is 13.2 Å². The Hall–Kier alpha value is -4.39. The number of hydrogen-bond acceptors (Lipinski definition) is 7. The van der Waals surface area contributed by atoms with E-state index in [1.807, 2.05) is 48.6 Å². The van der Waals surface area contributed by atoms with E-state index in [9.17, 15) is 4.79 Å². The third-order valence-corrected chi connectivity index (χ3v) is 5.24. The summed E-state index contributed by atoms with van der Waals surface area (Å²) < 4.78 is 26.7. The molecule has 7 heteroatoms. The van der Waals surface area contributed by atoms with Gasteiger partial charge in [-0.3, -0.25) is 4.79 Å². The molecule has 3 aromatic carbocycles. The Labute approximate surface area is 205 Å². The maximum absolute atomic E-state index is 12.6. The molecule has 0 aliphatic rings. The molecule has 0 bridgehead atoms. The summed E-state index contributed by atoms with van der Waals surface area (Å²) in [5, 5.41) is 3.19. The highest BCUT2D eigenvalue weighted by Crippen LogP contribution is 2.38. The van der Waals surface area contributed by atoms with Gasteiger partial charge in [-0.05, 0) is 47.5 Å². The number of ketones is 1. The molecule has 0 aliphatic heterocycles. The Kier molecular flexibility index (Phi) is 8.78. The van der Waals surface area contributed by atoms with Crippen molar-refractivity contribution in [1.82, 2.24) is 0 Å². The van der Waals surface area contributed by atoms with Gasteiger partial charge in [0.05, 0.1) is 35.5 Å². The summed E-state index contributed by atoms with van der Waals surface area (Å²) in [5.41, 5.74) is 3.15. The molecule has 3 rings (SSSR count). The van der Waals surface area contributed by atoms with Gasteiger partial charge in [-0.1, -0.05) is 30.4 Å². The van der Waals surface area contributed by atoms with Gasteiger partial charge in [0, 0.05) is 23.5 Å². The number of benzene rings is 3. The standard InChI is InChI=1S/C28H29NO6/c1-31-24-13-12-21(18-25(24)32-2)23(30)14-15-29-22-9-7-6-8-20(22)11-10-19-16-26(33-3)28(35-5)27(17-19)34-4/h6-18,29H,1-5H3. The van der Waals surface area contributed by atoms with Gasteiger partial charge < -0.3 is 29.0 Å². The van der Waals surface area contributed by atoms with Gasteiger partial charge in [-0.15, -0.1) is 0 Å². The molecule has 7 nitrogen and oxygen atoms in total. The van der Waals surface area contributed by atoms with E-state index < -0.39 is 0 Å². The van der Waals surface area contributed by atoms with Crippen LogP contribution in [-0.4, -0.2) is 41.3 Å². The van der Waals surface area contributed by atoms with Crippen molar-refractivity contribution in [3.63, 3.8) is 0 Å². The van der Waals surface area contributed by atoms with E-state index in [4.69, 9.17) is 23.7 Å². The molecule has 0 heterocycles. The number of anilines is 1. The molecule has 0 aromatic heterocycles. The number of allylic oxidation sites excluding steroid dienone is 1. The van der Waals surface area contributed by atoms with E-state index >= 15 is 0 Å². The van der Waals surface area contributed by atoms with Crippen LogP contribution < -0.4 is 29.0 Å². The number of carbonyl (C=O) groups is 1. The van der Waals surface area contributed by atoms with Crippen LogP contribution in [0.1, 0.15) is 21.5 Å². The summed E-state index contributed by atoms with van der Waals surface area (Å²) in [6.07, 6.45) is 7.00. The molecule has 0 saturated carbocycles. The van der Waals surface area contributed by atoms with Crippen molar-refractivity contribution in [2.24, 2.45) is 0 Å². The van der Waals surface area contributed by atoms with Crippen LogP contribution in [0.15, 0.2) is 66.9 Å². The molecular weight excluding hydrogens is 446 g/mol. The van der Waals surface area contributed by atoms with E-state index in [-0.39, 0.29) is 5.78 Å². The van der Waals surface area contributed by atoms with Crippen molar-refractivity contribution < 1.29 is 28.5 Å². The molecule has 35 heavy (non-hydrogen) atoms. The third-order valence-electron chi connectivity index (χ3n) is 5.24. The highest BCUT2D eigenvalue weighted by atomic mass is 16.5. The number of rotatable bonds is 11. The van der Waals surface area contributed by atoms with Crippen molar-refractivity contribution in [3.8, 4) is 28.7 Å². The predicted molar refractivity (Wildman–Crippen MR) is 138 cm³/mol. The molecule has 0 amide bonds. The number of hydrogen-bond donors (Lipinski definition) is 1. The fourth-order valence-electron chi connectivity index (χ4n) is 3.45. The van der Waals surface area contributed by atoms with Gasteiger partial charge in [-0.2, -0.15) is 0 Å². The van der Waals surface area contributed by atoms with Crippen LogP contribution in [0.5, 0.6) is 28.7 Å². The summed E-state index contributed by atoms with van der Waals surface area (Å²) >= 11 is 0. The molecule has 0 aliphatic carbocycles. The number of nitrogens with one attached hydrogen (secondary N) is 1. The molecule has 0 unspecified atom stereocenters. The lowest BCUT2D eigenvalue weighted by atomic mass is 10.1. The monoisotopic (exact) mass is 475 g/mol. The molecule has 182 valence electrons. The normalized spacial score (nSPS) is 10.9. The maximum atomic E-state index is 12.6. The summed E-state index contributed by atoms with van der Waals surface area (Å²) in [7, 11) is 7.82. The van der Waals surface area contributed by atoms with Gasteiger partial charge in [0.15, 0.2) is 28.8 Å². The topological polar surface area (TPSA) is 75.3 Å². The number of methoxy groups -OCH3 is 5. The summed E-state index contributed by atoms with van der Waals surface area (Å²) in [5.74, 6) is 2.60. The smallest absolute Gasteiger partial charge is 0.203 e. The maximum Gasteiger partial charge on any atom is 0.203 e. The van der Waals surface area contributed by atoms with Crippen molar-refractivity contribution in [1.29, 1.82) is 0 Å². The fourth-order valence-corrected chi connectivity index (χ4v) is 3.45. The average Bonchev–Trinajstić information content (AvgIpc) is 2.91. The Bertz CT molecular complexity index is 1210. The average molecular weight is 476 g/mol. The predicted octanol–water partition coefficient (Wildman–Crippen LogP) is 5.71. The first-order valence-electron chi connectivity index (χ1n) is 10.8. The van der Waals surface area contributed by atoms with Gasteiger partial charge >= 0.3 is 0 Å². The summed E-state index contributed by atoms with van der Waals surface area (Å²) in [6.45, 7) is 0. The van der Waals surface area contributed by atoms with E-state index in [0.29, 0.717) is 34.3 Å². The molecule has 0 spiro atoms. The van der Waals surface area contributed by atoms with Crippen molar-refractivity contribution in [2.45, 2.75) is 0 Å². The first-order valence-corrected chi connectivity index (χ1v) is 10.8. The minimum absolute atomic E-state index is 0.163. The summed E-state index contributed by atoms with van der Waals surface area (Å²) in [4.78, 5) is 12.6. The zero-order valence-electron chi connectivity index (χ0n) is 20.5. The lowest BCUT2D eigenvalue weighted by Gasteiger charge is -2.13. The number of ether oxygens (including phenoxy) is 5. The lowest BCUT2D eigenvalue weighted by Crippen LogP contribution is -1.99. The molecule has 1 N–H and O–H groups in total. The molecule has 0 fully saturated rings. The van der Waals surface area contributed by atoms with E-state index in [0.717, 1.165) is 16.8 Å². The lowest BCUT2D eigenvalue weighted by molar-refractivity contribution is 0.104. The molecule has 0 radical (unpaired) electrons. The number of carbonyl (C=O) groups excluding carboxylic acids is 1. The minimum atomic E-state index is -0.163. The van der Waals surface area contributed by atoms with E-state index in [2.05, 4.69) is 5.32 Å². The second-order valence-corrected chi connectivity index (χ2v) is 7.29. The first kappa shape index (κ1) is 25.2. The largest absolute Gasteiger partial charge is 0.493 e. The van der Waals surface area contributed by atoms with Crippen LogP contribution in [0.25, 0.3) is 12.2 Å². The Morgan fingerprint density at radius 1 is 0.714 bits per heavy atom. The Morgan fingerprint density at radius 2 is 1.37 bits per heavy atom. The van der Waals surface area contributed by atoms with Crippen LogP contribution in [0, 0.1) is 0 Å². The van der Waals surface area contributed by atoms with Crippen LogP contribution in [0.2, 0.25) is 0 Å². The highest BCUT2D eigenvalue weighted by Gasteiger charge is 2.12. The zero-order valence-corrected chi connectivity index (χ0v) is 20.5. The SMILES string of the molecule is COc1ccc(C(=O)C=CNc2ccccc2C=Cc2cc(OC)c(OC)c(OC)c2)cc1OC. The number of para-hydroxylation sites is 1. The van der Waals surface area contributed by atoms with Gasteiger partial charge in [-0.25, -0.2) is 0 Å². The minimum Gasteiger partial charge on any atom is -0.493 e. The molecular formula is C28H29NO6. The van der Waals surface area contributed by atoms with Crippen LogP contribution in [-0.2, 0) is 0 Å². The van der Waals surface area contributed by atoms with Gasteiger partial charge in [0.25, 0.3) is 0 Å². The molecule has 0 atom stereocenters. The van der Waals surface area contributed by atoms with E-state index in [1.54, 1.807) is 52.8 Å². The molecule has 3 aromatic rings. The van der Waals surface area contributed by atoms with Crippen molar-refractivity contribution in [2.75, 3.05) is 40.9 Å². The van der Waals surface area contributed by atoms with Crippen LogP contribution in [0.3, 0.4) is 0 Å². The Morgan fingerprint density at radius 3 is 2.00 bits per heavy atom. The second-order valence-electron chi connectivity index (χ2n) is 7.29. The van der Waals surface area contributed by atoms with Crippen LogP contribution in [0.4, 0.5) is 5.69 Å².